The summed E-state index contributed by atoms with van der Waals surface area (Å²) in [7, 11) is -0.163. The molecule has 3 aromatic carbocycles. The Kier molecular flexibility index (Phi) is 8.73. The average Bonchev–Trinajstić information content (AvgIpc) is 3.17. The van der Waals surface area contributed by atoms with Gasteiger partial charge in [0.25, 0.3) is 0 Å². The molecule has 8 nitrogen and oxygen atoms in total. The number of carbonyl (C=O) groups excluding carboxylic acids is 1. The van der Waals surface area contributed by atoms with Gasteiger partial charge in [0.2, 0.25) is 0 Å². The molecule has 10 heteroatoms. The van der Waals surface area contributed by atoms with E-state index in [4.69, 9.17) is 9.47 Å². The van der Waals surface area contributed by atoms with Crippen LogP contribution in [-0.2, 0) is 32.3 Å². The number of carbonyl (C=O) groups is 1. The number of amides is 1. The Bertz CT molecular complexity index is 1490. The van der Waals surface area contributed by atoms with Crippen molar-refractivity contribution in [2.24, 2.45) is 0 Å². The first-order chi connectivity index (χ1) is 19.2. The van der Waals surface area contributed by atoms with Crippen molar-refractivity contribution >= 4 is 38.6 Å². The first-order valence-electron chi connectivity index (χ1n) is 13.4. The summed E-state index contributed by atoms with van der Waals surface area (Å²) in [6.07, 6.45) is 3.53. The summed E-state index contributed by atoms with van der Waals surface area (Å²) >= 11 is -1.26. The van der Waals surface area contributed by atoms with E-state index in [-0.39, 0.29) is 30.1 Å². The maximum atomic E-state index is 13.6. The molecule has 2 heterocycles. The summed E-state index contributed by atoms with van der Waals surface area (Å²) in [5.74, 6) is 0.967. The van der Waals surface area contributed by atoms with Crippen molar-refractivity contribution in [2.45, 2.75) is 43.2 Å². The van der Waals surface area contributed by atoms with E-state index in [1.807, 2.05) is 42.5 Å². The van der Waals surface area contributed by atoms with Crippen LogP contribution in [0.1, 0.15) is 29.5 Å². The number of aryl methyl sites for hydroxylation is 1. The Balaban J connectivity index is 1.41. The van der Waals surface area contributed by atoms with Crippen LogP contribution in [0.3, 0.4) is 0 Å². The normalized spacial score (nSPS) is 16.3. The molecule has 2 aliphatic heterocycles. The molecule has 1 unspecified atom stereocenters. The monoisotopic (exact) mass is 625 g/mol. The quantitative estimate of drug-likeness (QED) is 0.273. The van der Waals surface area contributed by atoms with E-state index in [9.17, 15) is 18.3 Å². The summed E-state index contributed by atoms with van der Waals surface area (Å²) in [5.41, 5.74) is 4.12. The van der Waals surface area contributed by atoms with Crippen LogP contribution >= 0.6 is 0 Å². The van der Waals surface area contributed by atoms with Gasteiger partial charge in [-0.05, 0) is 0 Å². The molecule has 1 amide bonds. The summed E-state index contributed by atoms with van der Waals surface area (Å²) < 4.78 is 39.3. The zero-order chi connectivity index (χ0) is 28.3. The van der Waals surface area contributed by atoms with Gasteiger partial charge in [0.15, 0.2) is 0 Å². The molecule has 0 spiro atoms. The molecular weight excluding hydrogens is 591 g/mol. The molecule has 1 atom stereocenters. The number of anilines is 1. The number of ether oxygens (including phenoxy) is 2. The van der Waals surface area contributed by atoms with Crippen LogP contribution in [0.15, 0.2) is 65.6 Å². The fourth-order valence-corrected chi connectivity index (χ4v) is 11.2. The van der Waals surface area contributed by atoms with Gasteiger partial charge in [-0.25, -0.2) is 0 Å². The summed E-state index contributed by atoms with van der Waals surface area (Å²) in [6, 6.07) is 19.1. The number of hydrogen-bond donors (Lipinski definition) is 1. The number of fused-ring (bicyclic) bond motifs is 4. The van der Waals surface area contributed by atoms with Gasteiger partial charge < -0.3 is 0 Å². The molecule has 0 saturated carbocycles. The van der Waals surface area contributed by atoms with Gasteiger partial charge in [-0.15, -0.1) is 0 Å². The minimum absolute atomic E-state index is 0.0213. The Morgan fingerprint density at radius 1 is 1.10 bits per heavy atom. The third-order valence-electron chi connectivity index (χ3n) is 7.35. The zero-order valence-corrected chi connectivity index (χ0v) is 25.4. The second-order valence-corrected chi connectivity index (χ2v) is 17.1. The first kappa shape index (κ1) is 28.5. The standard InChI is InChI=1S/C30H34AsN2O6S/c1-32(2)30(35)20-38-25-12-11-22-6-5-7-24(17-23(22)18-25)33(14-15-34)27-9-4-3-8-26(27)31-40(36,37)29-16-21-10-13-28(29)39-19-21/h3-4,8-13,16,18,24,34H,5-7,14-15,17,19-20H2,1-2H3. The van der Waals surface area contributed by atoms with Crippen molar-refractivity contribution in [1.29, 1.82) is 0 Å². The van der Waals surface area contributed by atoms with Gasteiger partial charge in [-0.1, -0.05) is 0 Å². The zero-order valence-electron chi connectivity index (χ0n) is 22.7. The molecule has 0 fully saturated rings. The van der Waals surface area contributed by atoms with Gasteiger partial charge in [0.1, 0.15) is 0 Å². The Morgan fingerprint density at radius 3 is 2.62 bits per heavy atom. The Hall–Kier alpha value is -3.00. The van der Waals surface area contributed by atoms with Gasteiger partial charge in [0, 0.05) is 14.1 Å². The van der Waals surface area contributed by atoms with Gasteiger partial charge in [-0.2, -0.15) is 0 Å². The van der Waals surface area contributed by atoms with E-state index in [0.717, 1.165) is 46.8 Å². The Morgan fingerprint density at radius 2 is 1.93 bits per heavy atom. The fourth-order valence-electron chi connectivity index (χ4n) is 5.24. The third-order valence-corrected chi connectivity index (χ3v) is 13.4. The van der Waals surface area contributed by atoms with E-state index >= 15 is 0 Å². The minimum atomic E-state index is -3.57. The number of para-hydroxylation sites is 1. The van der Waals surface area contributed by atoms with E-state index in [2.05, 4.69) is 11.0 Å². The molecular formula is C30H34AsN2O6S. The van der Waals surface area contributed by atoms with Crippen LogP contribution in [0.25, 0.3) is 0 Å². The first-order valence-corrected chi connectivity index (χ1v) is 18.1. The number of likely N-dealkylation sites (N-methyl/N-ethyl adjacent to an activating group) is 1. The van der Waals surface area contributed by atoms with E-state index < -0.39 is 22.7 Å². The van der Waals surface area contributed by atoms with Crippen LogP contribution in [0.5, 0.6) is 11.5 Å². The number of rotatable bonds is 10. The van der Waals surface area contributed by atoms with Crippen LogP contribution < -0.4 is 18.7 Å². The van der Waals surface area contributed by atoms with Gasteiger partial charge in [-0.3, -0.25) is 0 Å². The van der Waals surface area contributed by atoms with Crippen molar-refractivity contribution in [2.75, 3.05) is 38.8 Å². The third kappa shape index (κ3) is 6.32. The molecule has 1 radical (unpaired) electrons. The second kappa shape index (κ2) is 12.2. The van der Waals surface area contributed by atoms with Gasteiger partial charge >= 0.3 is 228 Å². The fraction of sp³-hybridized carbons (Fsp3) is 0.367. The number of hydrogen-bond acceptors (Lipinski definition) is 7. The average molecular weight is 626 g/mol. The van der Waals surface area contributed by atoms with Crippen LogP contribution in [0.4, 0.5) is 5.69 Å². The predicted octanol–water partition coefficient (Wildman–Crippen LogP) is 2.51. The number of aliphatic hydroxyl groups is 1. The van der Waals surface area contributed by atoms with Crippen LogP contribution in [0, 0.1) is 0 Å². The maximum absolute atomic E-state index is 13.6. The predicted molar refractivity (Wildman–Crippen MR) is 155 cm³/mol. The van der Waals surface area contributed by atoms with Crippen molar-refractivity contribution in [1.82, 2.24) is 4.90 Å². The molecule has 0 saturated heterocycles. The number of aliphatic hydroxyl groups excluding tert-OH is 1. The van der Waals surface area contributed by atoms with Crippen molar-refractivity contribution in [3.8, 4) is 11.5 Å². The van der Waals surface area contributed by atoms with E-state index in [0.29, 0.717) is 24.7 Å². The molecule has 0 aromatic heterocycles. The summed E-state index contributed by atoms with van der Waals surface area (Å²) in [5, 5.41) is 10.1. The number of nitrogens with zero attached hydrogens (tertiary/aromatic N) is 2. The summed E-state index contributed by atoms with van der Waals surface area (Å²) in [6.45, 7) is 0.739. The SMILES string of the molecule is CN(C)C(=O)COc1ccc2c(c1)CC(N(CCO)c1ccccc1[As]S(=O)(=O)c1cc3ccc1OC3)CCC2. The van der Waals surface area contributed by atoms with Crippen molar-refractivity contribution in [3.05, 3.63) is 77.4 Å². The molecule has 6 rings (SSSR count). The van der Waals surface area contributed by atoms with Crippen LogP contribution in [0.2, 0.25) is 0 Å². The summed E-state index contributed by atoms with van der Waals surface area (Å²) in [4.78, 5) is 16.0. The molecule has 1 N–H and O–H groups in total. The molecule has 2 bridgehead atoms. The van der Waals surface area contributed by atoms with Crippen molar-refractivity contribution in [3.63, 3.8) is 0 Å². The second-order valence-electron chi connectivity index (χ2n) is 10.3. The van der Waals surface area contributed by atoms with Gasteiger partial charge in [0.05, 0.1) is 0 Å². The topological polar surface area (TPSA) is 96.4 Å². The Labute approximate surface area is 241 Å². The molecule has 1 aliphatic carbocycles. The van der Waals surface area contributed by atoms with E-state index in [1.165, 1.54) is 10.5 Å². The number of benzene rings is 3. The molecule has 3 aromatic rings. The van der Waals surface area contributed by atoms with Crippen molar-refractivity contribution < 1.29 is 27.8 Å². The van der Waals surface area contributed by atoms with E-state index in [1.54, 1.807) is 26.2 Å². The van der Waals surface area contributed by atoms with Crippen LogP contribution in [-0.4, -0.2) is 78.8 Å². The molecule has 211 valence electrons. The molecule has 40 heavy (non-hydrogen) atoms. The molecule has 3 aliphatic rings.